The van der Waals surface area contributed by atoms with Crippen molar-refractivity contribution in [3.8, 4) is 11.3 Å². The van der Waals surface area contributed by atoms with Crippen molar-refractivity contribution in [2.24, 2.45) is 7.05 Å². The number of aromatic nitrogens is 2. The molecule has 0 saturated heterocycles. The van der Waals surface area contributed by atoms with Crippen LogP contribution in [-0.2, 0) is 7.05 Å². The van der Waals surface area contributed by atoms with Crippen LogP contribution in [0.15, 0.2) is 33.7 Å². The predicted octanol–water partition coefficient (Wildman–Crippen LogP) is 1.35. The van der Waals surface area contributed by atoms with Crippen molar-refractivity contribution in [2.75, 3.05) is 0 Å². The molecular formula is C10H10N2O2. The molecule has 0 aromatic carbocycles. The summed E-state index contributed by atoms with van der Waals surface area (Å²) in [6, 6.07) is 3.73. The molecular weight excluding hydrogens is 180 g/mol. The minimum absolute atomic E-state index is 0.267. The van der Waals surface area contributed by atoms with E-state index in [0.717, 1.165) is 17.1 Å². The molecule has 0 saturated carbocycles. The van der Waals surface area contributed by atoms with E-state index >= 15 is 0 Å². The zero-order chi connectivity index (χ0) is 10.1. The van der Waals surface area contributed by atoms with Gasteiger partial charge in [-0.1, -0.05) is 0 Å². The second kappa shape index (κ2) is 3.14. The fraction of sp³-hybridized carbons (Fsp3) is 0.200. The van der Waals surface area contributed by atoms with Gasteiger partial charge < -0.3 is 8.98 Å². The van der Waals surface area contributed by atoms with Gasteiger partial charge in [-0.15, -0.1) is 0 Å². The van der Waals surface area contributed by atoms with Gasteiger partial charge in [-0.3, -0.25) is 0 Å². The Balaban J connectivity index is 2.52. The lowest BCUT2D eigenvalue weighted by molar-refractivity contribution is 0.547. The van der Waals surface area contributed by atoms with Crippen LogP contribution in [0.2, 0.25) is 0 Å². The maximum Gasteiger partial charge on any atom is 0.347 e. The van der Waals surface area contributed by atoms with E-state index in [1.54, 1.807) is 13.2 Å². The lowest BCUT2D eigenvalue weighted by Crippen LogP contribution is -2.18. The summed E-state index contributed by atoms with van der Waals surface area (Å²) in [6.07, 6.45) is 3.22. The first-order valence-corrected chi connectivity index (χ1v) is 4.26. The standard InChI is InChI=1S/C10H10N2O2/c1-7-3-4-9(14-7)8-5-11-10(13)12(2)6-8/h3-6H,1-2H3. The lowest BCUT2D eigenvalue weighted by atomic mass is 10.3. The third-order valence-corrected chi connectivity index (χ3v) is 1.97. The van der Waals surface area contributed by atoms with E-state index in [1.165, 1.54) is 10.8 Å². The molecule has 0 aliphatic rings. The van der Waals surface area contributed by atoms with Crippen LogP contribution < -0.4 is 5.69 Å². The highest BCUT2D eigenvalue weighted by Gasteiger charge is 2.03. The van der Waals surface area contributed by atoms with Crippen molar-refractivity contribution >= 4 is 0 Å². The molecule has 14 heavy (non-hydrogen) atoms. The van der Waals surface area contributed by atoms with E-state index < -0.39 is 0 Å². The Kier molecular flexibility index (Phi) is 1.96. The largest absolute Gasteiger partial charge is 0.461 e. The first kappa shape index (κ1) is 8.74. The third kappa shape index (κ3) is 1.46. The van der Waals surface area contributed by atoms with Crippen LogP contribution >= 0.6 is 0 Å². The van der Waals surface area contributed by atoms with Crippen LogP contribution in [0.3, 0.4) is 0 Å². The average Bonchev–Trinajstić information content (AvgIpc) is 2.57. The Bertz CT molecular complexity index is 511. The molecule has 2 aromatic rings. The second-order valence-electron chi connectivity index (χ2n) is 3.15. The minimum atomic E-state index is -0.267. The van der Waals surface area contributed by atoms with Crippen molar-refractivity contribution in [3.05, 3.63) is 40.8 Å². The highest BCUT2D eigenvalue weighted by molar-refractivity contribution is 5.54. The fourth-order valence-electron chi connectivity index (χ4n) is 1.23. The van der Waals surface area contributed by atoms with Crippen LogP contribution in [0.5, 0.6) is 0 Å². The minimum Gasteiger partial charge on any atom is -0.461 e. The number of rotatable bonds is 1. The molecule has 0 amide bonds. The molecule has 4 heteroatoms. The molecule has 2 aromatic heterocycles. The normalized spacial score (nSPS) is 10.4. The maximum atomic E-state index is 11.0. The number of aryl methyl sites for hydroxylation is 2. The van der Waals surface area contributed by atoms with E-state index in [2.05, 4.69) is 4.98 Å². The van der Waals surface area contributed by atoms with Crippen LogP contribution in [0.25, 0.3) is 11.3 Å². The van der Waals surface area contributed by atoms with E-state index in [0.29, 0.717) is 0 Å². The molecule has 0 fully saturated rings. The molecule has 0 aliphatic heterocycles. The molecule has 0 radical (unpaired) electrons. The number of hydrogen-bond donors (Lipinski definition) is 0. The zero-order valence-electron chi connectivity index (χ0n) is 8.02. The number of nitrogens with zero attached hydrogens (tertiary/aromatic N) is 2. The van der Waals surface area contributed by atoms with E-state index in [4.69, 9.17) is 4.42 Å². The summed E-state index contributed by atoms with van der Waals surface area (Å²) in [7, 11) is 1.66. The van der Waals surface area contributed by atoms with Crippen molar-refractivity contribution in [2.45, 2.75) is 6.92 Å². The van der Waals surface area contributed by atoms with Gasteiger partial charge in [0.05, 0.1) is 5.56 Å². The van der Waals surface area contributed by atoms with Crippen LogP contribution in [0, 0.1) is 6.92 Å². The van der Waals surface area contributed by atoms with Gasteiger partial charge in [0.2, 0.25) is 0 Å². The summed E-state index contributed by atoms with van der Waals surface area (Å²) >= 11 is 0. The first-order valence-electron chi connectivity index (χ1n) is 4.26. The topological polar surface area (TPSA) is 48.0 Å². The predicted molar refractivity (Wildman–Crippen MR) is 51.9 cm³/mol. The molecule has 4 nitrogen and oxygen atoms in total. The highest BCUT2D eigenvalue weighted by Crippen LogP contribution is 2.19. The molecule has 0 bridgehead atoms. The van der Waals surface area contributed by atoms with Crippen molar-refractivity contribution in [3.63, 3.8) is 0 Å². The Hall–Kier alpha value is -1.84. The van der Waals surface area contributed by atoms with Crippen LogP contribution in [0.4, 0.5) is 0 Å². The molecule has 0 unspecified atom stereocenters. The molecule has 0 N–H and O–H groups in total. The monoisotopic (exact) mass is 190 g/mol. The number of furan rings is 1. The molecule has 2 heterocycles. The summed E-state index contributed by atoms with van der Waals surface area (Å²) < 4.78 is 6.83. The summed E-state index contributed by atoms with van der Waals surface area (Å²) in [5, 5.41) is 0. The number of hydrogen-bond acceptors (Lipinski definition) is 3. The van der Waals surface area contributed by atoms with Gasteiger partial charge >= 0.3 is 5.69 Å². The van der Waals surface area contributed by atoms with Gasteiger partial charge in [-0.2, -0.15) is 0 Å². The Labute approximate surface area is 80.8 Å². The highest BCUT2D eigenvalue weighted by atomic mass is 16.3. The van der Waals surface area contributed by atoms with Crippen molar-refractivity contribution in [1.82, 2.24) is 9.55 Å². The first-order chi connectivity index (χ1) is 6.66. The van der Waals surface area contributed by atoms with Crippen LogP contribution in [0.1, 0.15) is 5.76 Å². The molecule has 2 rings (SSSR count). The average molecular weight is 190 g/mol. The van der Waals surface area contributed by atoms with Gasteiger partial charge in [0.15, 0.2) is 0 Å². The third-order valence-electron chi connectivity index (χ3n) is 1.97. The summed E-state index contributed by atoms with van der Waals surface area (Å²) in [5.41, 5.74) is 0.539. The quantitative estimate of drug-likeness (QED) is 0.682. The molecule has 0 atom stereocenters. The van der Waals surface area contributed by atoms with Crippen molar-refractivity contribution in [1.29, 1.82) is 0 Å². The van der Waals surface area contributed by atoms with Gasteiger partial charge in [0.1, 0.15) is 11.5 Å². The molecule has 72 valence electrons. The van der Waals surface area contributed by atoms with Crippen molar-refractivity contribution < 1.29 is 4.42 Å². The Morgan fingerprint density at radius 2 is 2.21 bits per heavy atom. The van der Waals surface area contributed by atoms with E-state index in [1.807, 2.05) is 19.1 Å². The van der Waals surface area contributed by atoms with Gasteiger partial charge in [0, 0.05) is 19.4 Å². The van der Waals surface area contributed by atoms with E-state index in [-0.39, 0.29) is 5.69 Å². The fourth-order valence-corrected chi connectivity index (χ4v) is 1.23. The molecule has 0 spiro atoms. The Morgan fingerprint density at radius 3 is 2.79 bits per heavy atom. The summed E-state index contributed by atoms with van der Waals surface area (Å²) in [5.74, 6) is 1.57. The SMILES string of the molecule is Cc1ccc(-c2cnc(=O)n(C)c2)o1. The maximum absolute atomic E-state index is 11.0. The smallest absolute Gasteiger partial charge is 0.347 e. The van der Waals surface area contributed by atoms with Gasteiger partial charge in [-0.05, 0) is 19.1 Å². The van der Waals surface area contributed by atoms with E-state index in [9.17, 15) is 4.79 Å². The Morgan fingerprint density at radius 1 is 1.43 bits per heavy atom. The summed E-state index contributed by atoms with van der Waals surface area (Å²) in [4.78, 5) is 14.7. The lowest BCUT2D eigenvalue weighted by Gasteiger charge is -1.98. The summed E-state index contributed by atoms with van der Waals surface area (Å²) in [6.45, 7) is 1.87. The van der Waals surface area contributed by atoms with Gasteiger partial charge in [-0.25, -0.2) is 9.78 Å². The molecule has 0 aliphatic carbocycles. The van der Waals surface area contributed by atoms with Crippen LogP contribution in [-0.4, -0.2) is 9.55 Å². The zero-order valence-corrected chi connectivity index (χ0v) is 8.02. The second-order valence-corrected chi connectivity index (χ2v) is 3.15. The van der Waals surface area contributed by atoms with Gasteiger partial charge in [0.25, 0.3) is 0 Å².